The molecule has 0 amide bonds. The molecule has 62 valence electrons. The van der Waals surface area contributed by atoms with Gasteiger partial charge in [-0.3, -0.25) is 0 Å². The molecule has 1 rings (SSSR count). The molecule has 0 unspecified atom stereocenters. The van der Waals surface area contributed by atoms with Gasteiger partial charge >= 0.3 is 0 Å². The van der Waals surface area contributed by atoms with Crippen LogP contribution in [-0.2, 0) is 12.8 Å². The van der Waals surface area contributed by atoms with Crippen molar-refractivity contribution >= 4 is 11.8 Å². The van der Waals surface area contributed by atoms with Crippen LogP contribution in [0.4, 0.5) is 0 Å². The molecule has 0 aliphatic carbocycles. The van der Waals surface area contributed by atoms with Gasteiger partial charge in [0.25, 0.3) is 0 Å². The smallest absolute Gasteiger partial charge is 0.0945 e. The third kappa shape index (κ3) is 2.55. The first-order valence-corrected chi connectivity index (χ1v) is 4.64. The van der Waals surface area contributed by atoms with E-state index in [9.17, 15) is 0 Å². The summed E-state index contributed by atoms with van der Waals surface area (Å²) in [7, 11) is 1.97. The Morgan fingerprint density at radius 2 is 2.55 bits per heavy atom. The minimum absolute atomic E-state index is 0.252. The zero-order valence-electron chi connectivity index (χ0n) is 6.53. The van der Waals surface area contributed by atoms with E-state index in [1.165, 1.54) is 5.69 Å². The SMILES string of the molecule is Cn1cncc1CSCCO. The van der Waals surface area contributed by atoms with E-state index in [1.54, 1.807) is 18.1 Å². The van der Waals surface area contributed by atoms with E-state index in [-0.39, 0.29) is 6.61 Å². The van der Waals surface area contributed by atoms with Crippen molar-refractivity contribution in [1.82, 2.24) is 9.55 Å². The number of aliphatic hydroxyl groups is 1. The van der Waals surface area contributed by atoms with Crippen LogP contribution in [0.1, 0.15) is 5.69 Å². The van der Waals surface area contributed by atoms with Crippen molar-refractivity contribution in [3.8, 4) is 0 Å². The fourth-order valence-electron chi connectivity index (χ4n) is 0.765. The number of hydrogen-bond acceptors (Lipinski definition) is 3. The van der Waals surface area contributed by atoms with Gasteiger partial charge in [-0.2, -0.15) is 11.8 Å². The van der Waals surface area contributed by atoms with Gasteiger partial charge in [0.05, 0.1) is 12.9 Å². The van der Waals surface area contributed by atoms with Crippen molar-refractivity contribution < 1.29 is 5.11 Å². The molecule has 0 saturated heterocycles. The van der Waals surface area contributed by atoms with Crippen LogP contribution in [-0.4, -0.2) is 27.0 Å². The number of imidazole rings is 1. The second kappa shape index (κ2) is 4.41. The largest absolute Gasteiger partial charge is 0.396 e. The molecule has 1 heterocycles. The molecule has 0 spiro atoms. The Labute approximate surface area is 70.4 Å². The minimum Gasteiger partial charge on any atom is -0.396 e. The highest BCUT2D eigenvalue weighted by molar-refractivity contribution is 7.98. The van der Waals surface area contributed by atoms with E-state index in [0.29, 0.717) is 0 Å². The van der Waals surface area contributed by atoms with Crippen LogP contribution in [0.5, 0.6) is 0 Å². The highest BCUT2D eigenvalue weighted by Gasteiger charge is 1.96. The maximum absolute atomic E-state index is 8.52. The zero-order valence-corrected chi connectivity index (χ0v) is 7.34. The Balaban J connectivity index is 2.32. The van der Waals surface area contributed by atoms with Crippen molar-refractivity contribution in [1.29, 1.82) is 0 Å². The summed E-state index contributed by atoms with van der Waals surface area (Å²) in [6, 6.07) is 0. The Morgan fingerprint density at radius 1 is 1.73 bits per heavy atom. The van der Waals surface area contributed by atoms with E-state index >= 15 is 0 Å². The molecule has 11 heavy (non-hydrogen) atoms. The van der Waals surface area contributed by atoms with Gasteiger partial charge in [0, 0.05) is 30.4 Å². The minimum atomic E-state index is 0.252. The van der Waals surface area contributed by atoms with Crippen LogP contribution in [0.2, 0.25) is 0 Å². The summed E-state index contributed by atoms with van der Waals surface area (Å²) >= 11 is 1.71. The molecule has 0 aromatic carbocycles. The van der Waals surface area contributed by atoms with Gasteiger partial charge in [-0.25, -0.2) is 4.98 Å². The number of thioether (sulfide) groups is 1. The molecule has 0 saturated carbocycles. The highest BCUT2D eigenvalue weighted by Crippen LogP contribution is 2.09. The van der Waals surface area contributed by atoms with Gasteiger partial charge < -0.3 is 9.67 Å². The lowest BCUT2D eigenvalue weighted by Gasteiger charge is -1.99. The molecular formula is C7H12N2OS. The molecule has 1 aromatic heterocycles. The Morgan fingerprint density at radius 3 is 3.09 bits per heavy atom. The predicted molar refractivity (Wildman–Crippen MR) is 46.5 cm³/mol. The number of nitrogens with zero attached hydrogens (tertiary/aromatic N) is 2. The van der Waals surface area contributed by atoms with Crippen molar-refractivity contribution in [3.63, 3.8) is 0 Å². The third-order valence-electron chi connectivity index (χ3n) is 1.40. The molecule has 0 fully saturated rings. The molecule has 1 N–H and O–H groups in total. The number of aliphatic hydroxyl groups excluding tert-OH is 1. The van der Waals surface area contributed by atoms with E-state index in [0.717, 1.165) is 11.5 Å². The fraction of sp³-hybridized carbons (Fsp3) is 0.571. The van der Waals surface area contributed by atoms with Crippen molar-refractivity contribution in [2.24, 2.45) is 7.05 Å². The van der Waals surface area contributed by atoms with E-state index < -0.39 is 0 Å². The second-order valence-electron chi connectivity index (χ2n) is 2.27. The maximum Gasteiger partial charge on any atom is 0.0945 e. The van der Waals surface area contributed by atoms with Gasteiger partial charge in [0.2, 0.25) is 0 Å². The first-order chi connectivity index (χ1) is 5.34. The lowest BCUT2D eigenvalue weighted by Crippen LogP contribution is -1.94. The molecule has 3 nitrogen and oxygen atoms in total. The van der Waals surface area contributed by atoms with Gasteiger partial charge in [-0.1, -0.05) is 0 Å². The van der Waals surface area contributed by atoms with Crippen LogP contribution in [0.25, 0.3) is 0 Å². The summed E-state index contributed by atoms with van der Waals surface area (Å²) in [5.41, 5.74) is 1.20. The number of hydrogen-bond donors (Lipinski definition) is 1. The first kappa shape index (κ1) is 8.62. The zero-order chi connectivity index (χ0) is 8.10. The number of aryl methyl sites for hydroxylation is 1. The van der Waals surface area contributed by atoms with Gasteiger partial charge in [-0.15, -0.1) is 0 Å². The Hall–Kier alpha value is -0.480. The van der Waals surface area contributed by atoms with Crippen LogP contribution in [0.3, 0.4) is 0 Å². The number of aromatic nitrogens is 2. The predicted octanol–water partition coefficient (Wildman–Crippen LogP) is 0.646. The summed E-state index contributed by atoms with van der Waals surface area (Å²) in [6.07, 6.45) is 3.64. The van der Waals surface area contributed by atoms with Crippen molar-refractivity contribution in [2.75, 3.05) is 12.4 Å². The van der Waals surface area contributed by atoms with Gasteiger partial charge in [0.1, 0.15) is 0 Å². The summed E-state index contributed by atoms with van der Waals surface area (Å²) in [5.74, 6) is 1.72. The molecule has 0 radical (unpaired) electrons. The molecule has 0 aliphatic rings. The summed E-state index contributed by atoms with van der Waals surface area (Å²) in [6.45, 7) is 0.252. The monoisotopic (exact) mass is 172 g/mol. The fourth-order valence-corrected chi connectivity index (χ4v) is 1.53. The molecule has 0 bridgehead atoms. The summed E-state index contributed by atoms with van der Waals surface area (Å²) < 4.78 is 1.99. The Bertz CT molecular complexity index is 212. The topological polar surface area (TPSA) is 38.0 Å². The molecule has 1 aromatic rings. The average molecular weight is 172 g/mol. The normalized spacial score (nSPS) is 10.4. The molecule has 4 heteroatoms. The molecule has 0 atom stereocenters. The van der Waals surface area contributed by atoms with E-state index in [1.807, 2.05) is 17.8 Å². The van der Waals surface area contributed by atoms with E-state index in [4.69, 9.17) is 5.11 Å². The first-order valence-electron chi connectivity index (χ1n) is 3.48. The maximum atomic E-state index is 8.52. The van der Waals surface area contributed by atoms with Gasteiger partial charge in [0.15, 0.2) is 0 Å². The highest BCUT2D eigenvalue weighted by atomic mass is 32.2. The van der Waals surface area contributed by atoms with E-state index in [2.05, 4.69) is 4.98 Å². The van der Waals surface area contributed by atoms with Crippen LogP contribution in [0.15, 0.2) is 12.5 Å². The molecule has 0 aliphatic heterocycles. The second-order valence-corrected chi connectivity index (χ2v) is 3.38. The van der Waals surface area contributed by atoms with Crippen molar-refractivity contribution in [2.45, 2.75) is 5.75 Å². The summed E-state index contributed by atoms with van der Waals surface area (Å²) in [5, 5.41) is 8.52. The van der Waals surface area contributed by atoms with Crippen LogP contribution >= 0.6 is 11.8 Å². The van der Waals surface area contributed by atoms with Crippen LogP contribution < -0.4 is 0 Å². The van der Waals surface area contributed by atoms with Crippen molar-refractivity contribution in [3.05, 3.63) is 18.2 Å². The standard InChI is InChI=1S/C7H12N2OS/c1-9-6-8-4-7(9)5-11-3-2-10/h4,6,10H,2-3,5H2,1H3. The summed E-state index contributed by atoms with van der Waals surface area (Å²) in [4.78, 5) is 3.99. The lowest BCUT2D eigenvalue weighted by molar-refractivity contribution is 0.322. The molecular weight excluding hydrogens is 160 g/mol. The Kier molecular flexibility index (Phi) is 3.45. The average Bonchev–Trinajstić information content (AvgIpc) is 2.37. The number of rotatable bonds is 4. The lowest BCUT2D eigenvalue weighted by atomic mass is 10.5. The van der Waals surface area contributed by atoms with Gasteiger partial charge in [-0.05, 0) is 0 Å². The van der Waals surface area contributed by atoms with Crippen LogP contribution in [0, 0.1) is 0 Å². The third-order valence-corrected chi connectivity index (χ3v) is 2.37. The quantitative estimate of drug-likeness (QED) is 0.677.